The highest BCUT2D eigenvalue weighted by molar-refractivity contribution is 5.80. The third-order valence-corrected chi connectivity index (χ3v) is 9.66. The first-order valence-electron chi connectivity index (χ1n) is 18.0. The Morgan fingerprint density at radius 2 is 1.65 bits per heavy atom. The molecule has 15 nitrogen and oxygen atoms in total. The maximum Gasteiger partial charge on any atom is 0.311 e. The molecule has 3 heterocycles. The number of aliphatic carboxylic acids is 1. The fourth-order valence-corrected chi connectivity index (χ4v) is 6.72. The largest absolute Gasteiger partial charge is 0.481 e. The number of carbonyl (C=O) groups is 3. The number of aliphatic hydroxyl groups is 6. The van der Waals surface area contributed by atoms with E-state index in [2.05, 4.69) is 0 Å². The van der Waals surface area contributed by atoms with E-state index in [1.54, 1.807) is 69.4 Å². The van der Waals surface area contributed by atoms with Crippen molar-refractivity contribution in [1.29, 1.82) is 0 Å². The fourth-order valence-electron chi connectivity index (χ4n) is 6.72. The molecule has 0 saturated carbocycles. The van der Waals surface area contributed by atoms with Gasteiger partial charge in [0.15, 0.2) is 12.1 Å². The lowest BCUT2D eigenvalue weighted by atomic mass is 9.83. The van der Waals surface area contributed by atoms with Gasteiger partial charge in [-0.15, -0.1) is 0 Å². The molecule has 0 aromatic carbocycles. The van der Waals surface area contributed by atoms with Crippen molar-refractivity contribution in [3.8, 4) is 0 Å². The second kappa shape index (κ2) is 20.6. The Kier molecular flexibility index (Phi) is 17.2. The van der Waals surface area contributed by atoms with Gasteiger partial charge in [-0.05, 0) is 33.1 Å². The summed E-state index contributed by atoms with van der Waals surface area (Å²) in [6.45, 7) is 5.00. The summed E-state index contributed by atoms with van der Waals surface area (Å²) >= 11 is 0. The van der Waals surface area contributed by atoms with Gasteiger partial charge in [0.25, 0.3) is 0 Å². The molecule has 2 bridgehead atoms. The van der Waals surface area contributed by atoms with Gasteiger partial charge in [0.1, 0.15) is 23.9 Å². The number of carboxylic acid groups (broad SMARTS) is 1. The first-order valence-corrected chi connectivity index (χ1v) is 18.0. The molecule has 3 rings (SSSR count). The van der Waals surface area contributed by atoms with E-state index in [-0.39, 0.29) is 44.3 Å². The van der Waals surface area contributed by atoms with Gasteiger partial charge in [-0.25, -0.2) is 0 Å². The number of nitrogens with two attached hydrogens (primary N) is 1. The van der Waals surface area contributed by atoms with Gasteiger partial charge in [0.05, 0.1) is 54.7 Å². The summed E-state index contributed by atoms with van der Waals surface area (Å²) in [7, 11) is 0. The Hall–Kier alpha value is -2.83. The summed E-state index contributed by atoms with van der Waals surface area (Å²) in [6.07, 6.45) is 1.33. The summed E-state index contributed by atoms with van der Waals surface area (Å²) in [5.74, 6) is -6.84. The number of fused-ring (bicyclic) bond motifs is 2. The van der Waals surface area contributed by atoms with Crippen molar-refractivity contribution in [2.75, 3.05) is 0 Å². The number of Topliss-reactive ketones (excluding diaryl/α,β-unsaturated/α-hetero) is 1. The van der Waals surface area contributed by atoms with Gasteiger partial charge in [-0.3, -0.25) is 14.4 Å². The van der Waals surface area contributed by atoms with Crippen molar-refractivity contribution >= 4 is 17.7 Å². The minimum absolute atomic E-state index is 0.0197. The number of allylic oxidation sites excluding steroid dienone is 6. The van der Waals surface area contributed by atoms with Crippen LogP contribution in [0.2, 0.25) is 0 Å². The van der Waals surface area contributed by atoms with Crippen LogP contribution in [-0.2, 0) is 33.3 Å². The van der Waals surface area contributed by atoms with Crippen molar-refractivity contribution in [1.82, 2.24) is 0 Å². The molecule has 9 N–H and O–H groups in total. The number of carbonyl (C=O) groups excluding carboxylic acids is 2. The van der Waals surface area contributed by atoms with Crippen molar-refractivity contribution in [3.05, 3.63) is 48.6 Å². The molecule has 14 atom stereocenters. The van der Waals surface area contributed by atoms with Gasteiger partial charge < -0.3 is 60.4 Å². The molecule has 2 saturated heterocycles. The van der Waals surface area contributed by atoms with Crippen LogP contribution >= 0.6 is 0 Å². The van der Waals surface area contributed by atoms with E-state index in [0.717, 1.165) is 0 Å². The third-order valence-electron chi connectivity index (χ3n) is 9.66. The second-order valence-corrected chi connectivity index (χ2v) is 14.1. The highest BCUT2D eigenvalue weighted by Crippen LogP contribution is 2.38. The highest BCUT2D eigenvalue weighted by Gasteiger charge is 2.50. The Morgan fingerprint density at radius 3 is 2.33 bits per heavy atom. The van der Waals surface area contributed by atoms with Crippen LogP contribution in [0.5, 0.6) is 0 Å². The standard InChI is InChI=1S/C37H57NO14/c1-4-26-27(41)17-23(39)14-12-15-24(40)19-37(48)20-28(42)30(34(45)46)29(52-37)18-25(51-36-33(44)31(38)32(43)22(3)50-36)16-11-9-7-5-6-8-10-13-21(2)49-35(26)47/h5-11,16,21-22,24-33,36,40-44,48H,4,12-15,17-20,38H2,1-3H3,(H,45,46)/b6-5+,9-7+,10-8+,16-11+/t21?,22-,24?,25+,26?,27?,28+,29+,30-,31+,32-,33+,36+,37-/m1/s1. The molecular formula is C37H57NO14. The van der Waals surface area contributed by atoms with E-state index in [1.165, 1.54) is 0 Å². The quantitative estimate of drug-likeness (QED) is 0.187. The minimum Gasteiger partial charge on any atom is -0.481 e. The number of carboxylic acids is 1. The molecule has 294 valence electrons. The van der Waals surface area contributed by atoms with Crippen LogP contribution in [0.4, 0.5) is 0 Å². The fraction of sp³-hybridized carbons (Fsp3) is 0.703. The van der Waals surface area contributed by atoms with Crippen LogP contribution < -0.4 is 5.73 Å². The van der Waals surface area contributed by atoms with Crippen LogP contribution in [0.3, 0.4) is 0 Å². The van der Waals surface area contributed by atoms with Gasteiger partial charge in [0, 0.05) is 38.5 Å². The van der Waals surface area contributed by atoms with Gasteiger partial charge in [0.2, 0.25) is 0 Å². The smallest absolute Gasteiger partial charge is 0.311 e. The van der Waals surface area contributed by atoms with E-state index in [9.17, 15) is 50.1 Å². The van der Waals surface area contributed by atoms with Crippen molar-refractivity contribution in [2.45, 2.75) is 152 Å². The zero-order valence-corrected chi connectivity index (χ0v) is 30.1. The number of cyclic esters (lactones) is 1. The Morgan fingerprint density at radius 1 is 0.981 bits per heavy atom. The molecule has 0 aliphatic carbocycles. The Bertz CT molecular complexity index is 1290. The molecule has 2 fully saturated rings. The Labute approximate surface area is 304 Å². The van der Waals surface area contributed by atoms with Crippen molar-refractivity contribution < 1.29 is 69.1 Å². The van der Waals surface area contributed by atoms with Crippen LogP contribution in [0, 0.1) is 11.8 Å². The van der Waals surface area contributed by atoms with E-state index in [4.69, 9.17) is 24.7 Å². The monoisotopic (exact) mass is 739 g/mol. The lowest BCUT2D eigenvalue weighted by Gasteiger charge is -2.45. The molecule has 0 spiro atoms. The van der Waals surface area contributed by atoms with Crippen LogP contribution in [0.1, 0.15) is 78.6 Å². The van der Waals surface area contributed by atoms with E-state index in [0.29, 0.717) is 6.42 Å². The summed E-state index contributed by atoms with van der Waals surface area (Å²) in [5, 5.41) is 74.8. The number of ether oxygens (including phenoxy) is 4. The summed E-state index contributed by atoms with van der Waals surface area (Å²) in [6, 6.07) is -1.10. The zero-order valence-electron chi connectivity index (χ0n) is 30.1. The first kappa shape index (κ1) is 43.6. The van der Waals surface area contributed by atoms with Gasteiger partial charge >= 0.3 is 11.9 Å². The molecule has 0 aromatic heterocycles. The number of ketones is 1. The molecule has 0 amide bonds. The predicted molar refractivity (Wildman–Crippen MR) is 186 cm³/mol. The molecule has 3 aliphatic heterocycles. The maximum atomic E-state index is 12.8. The normalized spacial score (nSPS) is 43.5. The van der Waals surface area contributed by atoms with E-state index < -0.39 is 110 Å². The molecule has 15 heteroatoms. The number of hydrogen-bond donors (Lipinski definition) is 8. The van der Waals surface area contributed by atoms with Crippen molar-refractivity contribution in [3.63, 3.8) is 0 Å². The van der Waals surface area contributed by atoms with Crippen molar-refractivity contribution in [2.24, 2.45) is 17.6 Å². The highest BCUT2D eigenvalue weighted by atomic mass is 16.7. The SMILES string of the molecule is CCC1C(=O)OC(C)C/C=C/C=C/C=C/C=C/[C@H](O[C@@H]2O[C@H](C)[C@@H](O)[C@H](N)[C@@H]2O)C[C@@H]2O[C@](O)(CC(O)CCCC(=O)CC1O)C[C@H](O)[C@H]2C(=O)O. The lowest BCUT2D eigenvalue weighted by molar-refractivity contribution is -0.308. The molecular weight excluding hydrogens is 682 g/mol. The lowest BCUT2D eigenvalue weighted by Crippen LogP contribution is -2.61. The van der Waals surface area contributed by atoms with Gasteiger partial charge in [-0.1, -0.05) is 55.5 Å². The average molecular weight is 740 g/mol. The molecule has 0 radical (unpaired) electrons. The first-order chi connectivity index (χ1) is 24.5. The number of rotatable bonds is 4. The van der Waals surface area contributed by atoms with E-state index >= 15 is 0 Å². The number of esters is 1. The van der Waals surface area contributed by atoms with Gasteiger partial charge in [-0.2, -0.15) is 0 Å². The minimum atomic E-state index is -2.15. The average Bonchev–Trinajstić information content (AvgIpc) is 3.04. The van der Waals surface area contributed by atoms with Crippen LogP contribution in [0.25, 0.3) is 0 Å². The maximum absolute atomic E-state index is 12.8. The molecule has 0 aromatic rings. The van der Waals surface area contributed by atoms with E-state index in [1.807, 2.05) is 0 Å². The summed E-state index contributed by atoms with van der Waals surface area (Å²) in [4.78, 5) is 37.8. The predicted octanol–water partition coefficient (Wildman–Crippen LogP) is 0.923. The summed E-state index contributed by atoms with van der Waals surface area (Å²) in [5.41, 5.74) is 5.98. The summed E-state index contributed by atoms with van der Waals surface area (Å²) < 4.78 is 23.1. The zero-order chi connectivity index (χ0) is 38.6. The second-order valence-electron chi connectivity index (χ2n) is 14.1. The Balaban J connectivity index is 1.88. The molecule has 4 unspecified atom stereocenters. The van der Waals surface area contributed by atoms with Crippen LogP contribution in [-0.4, -0.2) is 127 Å². The van der Waals surface area contributed by atoms with Crippen LogP contribution in [0.15, 0.2) is 48.6 Å². The topological polar surface area (TPSA) is 256 Å². The molecule has 3 aliphatic rings. The molecule has 52 heavy (non-hydrogen) atoms. The number of hydrogen-bond acceptors (Lipinski definition) is 14. The third kappa shape index (κ3) is 12.9. The number of aliphatic hydroxyl groups excluding tert-OH is 5.